The number of carbonyl (C=O) groups excluding carboxylic acids is 1. The number of pyridine rings is 2. The van der Waals surface area contributed by atoms with Crippen molar-refractivity contribution in [2.45, 2.75) is 49.9 Å². The SMILES string of the molecule is O=C(NC12CC(C1)C2)c1c(O)c2cc(-c3ccc(F)cc3)cnc2n(CCN2C3COCC2C3)c1=O. The summed E-state index contributed by atoms with van der Waals surface area (Å²) in [5.74, 6) is -0.582. The Labute approximate surface area is 206 Å². The van der Waals surface area contributed by atoms with Crippen molar-refractivity contribution < 1.29 is 19.0 Å². The summed E-state index contributed by atoms with van der Waals surface area (Å²) < 4.78 is 20.5. The number of aromatic hydroxyl groups is 1. The van der Waals surface area contributed by atoms with Gasteiger partial charge in [-0.2, -0.15) is 0 Å². The van der Waals surface area contributed by atoms with Crippen molar-refractivity contribution >= 4 is 16.9 Å². The molecule has 3 aliphatic carbocycles. The highest BCUT2D eigenvalue weighted by Gasteiger charge is 2.57. The number of morpholine rings is 1. The van der Waals surface area contributed by atoms with Crippen LogP contribution in [0.15, 0.2) is 41.3 Å². The molecule has 0 spiro atoms. The van der Waals surface area contributed by atoms with Crippen molar-refractivity contribution in [3.63, 3.8) is 0 Å². The van der Waals surface area contributed by atoms with Gasteiger partial charge in [0.1, 0.15) is 22.8 Å². The number of nitrogens with zero attached hydrogens (tertiary/aromatic N) is 3. The second-order valence-electron chi connectivity index (χ2n) is 10.8. The third-order valence-corrected chi connectivity index (χ3v) is 8.58. The maximum atomic E-state index is 13.6. The number of nitrogens with one attached hydrogen (secondary N) is 1. The molecule has 9 heteroatoms. The lowest BCUT2D eigenvalue weighted by Gasteiger charge is -2.61. The van der Waals surface area contributed by atoms with Crippen LogP contribution in [0.25, 0.3) is 22.2 Å². The smallest absolute Gasteiger partial charge is 0.268 e. The van der Waals surface area contributed by atoms with E-state index in [-0.39, 0.29) is 22.7 Å². The minimum Gasteiger partial charge on any atom is -0.506 e. The number of hydrogen-bond donors (Lipinski definition) is 2. The first-order valence-electron chi connectivity index (χ1n) is 12.6. The summed E-state index contributed by atoms with van der Waals surface area (Å²) in [6.45, 7) is 2.36. The van der Waals surface area contributed by atoms with E-state index in [0.29, 0.717) is 60.9 Å². The lowest BCUT2D eigenvalue weighted by atomic mass is 9.50. The van der Waals surface area contributed by atoms with Gasteiger partial charge < -0.3 is 15.2 Å². The van der Waals surface area contributed by atoms with Crippen LogP contribution >= 0.6 is 0 Å². The van der Waals surface area contributed by atoms with Gasteiger partial charge in [0.2, 0.25) is 0 Å². The molecule has 4 bridgehead atoms. The fourth-order valence-corrected chi connectivity index (χ4v) is 6.45. The highest BCUT2D eigenvalue weighted by molar-refractivity contribution is 6.02. The van der Waals surface area contributed by atoms with Gasteiger partial charge in [-0.25, -0.2) is 9.37 Å². The number of ether oxygens (including phenoxy) is 1. The Morgan fingerprint density at radius 1 is 1.14 bits per heavy atom. The fraction of sp³-hybridized carbons (Fsp3) is 0.444. The molecule has 0 radical (unpaired) electrons. The molecule has 5 fully saturated rings. The predicted octanol–water partition coefficient (Wildman–Crippen LogP) is 2.66. The molecule has 2 saturated heterocycles. The molecule has 2 aliphatic heterocycles. The van der Waals surface area contributed by atoms with Gasteiger partial charge in [-0.1, -0.05) is 12.1 Å². The molecule has 3 saturated carbocycles. The van der Waals surface area contributed by atoms with Crippen LogP contribution in [-0.2, 0) is 11.3 Å². The topological polar surface area (TPSA) is 96.7 Å². The minimum atomic E-state index is -0.535. The summed E-state index contributed by atoms with van der Waals surface area (Å²) in [6, 6.07) is 8.40. The molecule has 8 nitrogen and oxygen atoms in total. The highest BCUT2D eigenvalue weighted by Crippen LogP contribution is 2.57. The van der Waals surface area contributed by atoms with E-state index in [9.17, 15) is 19.1 Å². The zero-order valence-corrected chi connectivity index (χ0v) is 19.7. The lowest BCUT2D eigenvalue weighted by molar-refractivity contribution is -0.127. The van der Waals surface area contributed by atoms with Gasteiger partial charge in [0, 0.05) is 42.5 Å². The number of amides is 1. The molecule has 2 aromatic heterocycles. The van der Waals surface area contributed by atoms with Gasteiger partial charge in [-0.3, -0.25) is 19.1 Å². The van der Waals surface area contributed by atoms with Crippen LogP contribution in [0.5, 0.6) is 5.75 Å². The third kappa shape index (κ3) is 3.29. The van der Waals surface area contributed by atoms with Crippen molar-refractivity contribution in [3.05, 3.63) is 58.3 Å². The average molecular weight is 491 g/mol. The van der Waals surface area contributed by atoms with Crippen molar-refractivity contribution in [1.82, 2.24) is 19.8 Å². The molecule has 5 aliphatic rings. The van der Waals surface area contributed by atoms with E-state index in [1.165, 1.54) is 16.7 Å². The van der Waals surface area contributed by atoms with E-state index in [4.69, 9.17) is 4.74 Å². The first-order chi connectivity index (χ1) is 17.4. The highest BCUT2D eigenvalue weighted by atomic mass is 19.1. The Hall–Kier alpha value is -3.30. The molecular weight excluding hydrogens is 463 g/mol. The summed E-state index contributed by atoms with van der Waals surface area (Å²) in [5.41, 5.74) is 0.696. The fourth-order valence-electron chi connectivity index (χ4n) is 6.45. The molecule has 186 valence electrons. The monoisotopic (exact) mass is 490 g/mol. The molecule has 4 heterocycles. The van der Waals surface area contributed by atoms with E-state index in [1.807, 2.05) is 0 Å². The Bertz CT molecular complexity index is 1420. The van der Waals surface area contributed by atoms with Crippen LogP contribution in [0, 0.1) is 11.7 Å². The second-order valence-corrected chi connectivity index (χ2v) is 10.8. The number of aromatic nitrogens is 2. The largest absolute Gasteiger partial charge is 0.506 e. The van der Waals surface area contributed by atoms with Crippen LogP contribution in [0.2, 0.25) is 0 Å². The molecule has 8 rings (SSSR count). The van der Waals surface area contributed by atoms with Gasteiger partial charge in [0.05, 0.1) is 18.6 Å². The number of carbonyl (C=O) groups is 1. The Balaban J connectivity index is 1.30. The summed E-state index contributed by atoms with van der Waals surface area (Å²) in [6.07, 6.45) is 5.49. The molecule has 3 aromatic rings. The van der Waals surface area contributed by atoms with Crippen LogP contribution in [-0.4, -0.2) is 62.8 Å². The average Bonchev–Trinajstić information content (AvgIpc) is 2.83. The van der Waals surface area contributed by atoms with Crippen molar-refractivity contribution in [1.29, 1.82) is 0 Å². The first kappa shape index (κ1) is 21.9. The lowest BCUT2D eigenvalue weighted by Crippen LogP contribution is -2.68. The van der Waals surface area contributed by atoms with E-state index in [0.717, 1.165) is 31.2 Å². The normalized spacial score (nSPS) is 28.2. The van der Waals surface area contributed by atoms with E-state index < -0.39 is 11.5 Å². The molecule has 36 heavy (non-hydrogen) atoms. The van der Waals surface area contributed by atoms with E-state index >= 15 is 0 Å². The Morgan fingerprint density at radius 2 is 1.86 bits per heavy atom. The van der Waals surface area contributed by atoms with Crippen LogP contribution in [0.4, 0.5) is 4.39 Å². The van der Waals surface area contributed by atoms with Crippen molar-refractivity contribution in [3.8, 4) is 16.9 Å². The van der Waals surface area contributed by atoms with Gasteiger partial charge in [0.25, 0.3) is 11.5 Å². The van der Waals surface area contributed by atoms with Gasteiger partial charge in [-0.15, -0.1) is 0 Å². The number of fused-ring (bicyclic) bond motifs is 3. The summed E-state index contributed by atoms with van der Waals surface area (Å²) in [7, 11) is 0. The van der Waals surface area contributed by atoms with Crippen LogP contribution < -0.4 is 10.9 Å². The van der Waals surface area contributed by atoms with E-state index in [2.05, 4.69) is 15.2 Å². The standard InChI is InChI=1S/C27H27FN4O4/c28-18-3-1-16(2-4-18)17-7-21-23(33)22(25(34)30-27-9-15(10-27)11-27)26(35)32(24(21)29-12-17)6-5-31-19-8-20(31)14-36-13-19/h1-4,7,12,15,19-20,33H,5-6,8-11,13-14H2,(H,30,34). The molecule has 2 atom stereocenters. The Morgan fingerprint density at radius 3 is 2.50 bits per heavy atom. The molecule has 1 amide bonds. The quantitative estimate of drug-likeness (QED) is 0.552. The van der Waals surface area contributed by atoms with Gasteiger partial charge in [-0.05, 0) is 55.4 Å². The van der Waals surface area contributed by atoms with Gasteiger partial charge in [0.15, 0.2) is 0 Å². The molecule has 2 unspecified atom stereocenters. The maximum absolute atomic E-state index is 13.6. The zero-order chi connectivity index (χ0) is 24.6. The maximum Gasteiger partial charge on any atom is 0.268 e. The van der Waals surface area contributed by atoms with Crippen molar-refractivity contribution in [2.24, 2.45) is 5.92 Å². The van der Waals surface area contributed by atoms with Crippen LogP contribution in [0.3, 0.4) is 0 Å². The number of rotatable bonds is 6. The van der Waals surface area contributed by atoms with Crippen LogP contribution in [0.1, 0.15) is 36.0 Å². The number of halogens is 1. The number of hydrogen-bond acceptors (Lipinski definition) is 6. The number of benzene rings is 1. The predicted molar refractivity (Wildman–Crippen MR) is 130 cm³/mol. The third-order valence-electron chi connectivity index (χ3n) is 8.58. The first-order valence-corrected chi connectivity index (χ1v) is 12.6. The Kier molecular flexibility index (Phi) is 4.78. The van der Waals surface area contributed by atoms with E-state index in [1.54, 1.807) is 24.4 Å². The summed E-state index contributed by atoms with van der Waals surface area (Å²) >= 11 is 0. The minimum absolute atomic E-state index is 0.232. The van der Waals surface area contributed by atoms with Gasteiger partial charge >= 0.3 is 0 Å². The summed E-state index contributed by atoms with van der Waals surface area (Å²) in [5, 5.41) is 14.6. The van der Waals surface area contributed by atoms with Crippen molar-refractivity contribution in [2.75, 3.05) is 19.8 Å². The summed E-state index contributed by atoms with van der Waals surface area (Å²) in [4.78, 5) is 33.8. The molecular formula is C27H27FN4O4. The molecule has 2 N–H and O–H groups in total. The zero-order valence-electron chi connectivity index (χ0n) is 19.7. The second kappa shape index (κ2) is 7.85. The molecule has 1 aromatic carbocycles.